The first-order valence-electron chi connectivity index (χ1n) is 13.8. The third-order valence-electron chi connectivity index (χ3n) is 6.57. The Morgan fingerprint density at radius 2 is 0.953 bits per heavy atom. The minimum absolute atomic E-state index is 0.271. The number of methoxy groups -OCH3 is 1. The number of carbonyl (C=O) groups excluding carboxylic acids is 3. The van der Waals surface area contributed by atoms with Gasteiger partial charge in [0.1, 0.15) is 6.10 Å². The van der Waals surface area contributed by atoms with E-state index in [1.54, 1.807) is 62.8 Å². The van der Waals surface area contributed by atoms with Gasteiger partial charge in [-0.05, 0) is 69.4 Å². The Bertz CT molecular complexity index is 1480. The molecule has 0 aliphatic carbocycles. The van der Waals surface area contributed by atoms with E-state index < -0.39 is 25.0 Å². The van der Waals surface area contributed by atoms with Crippen LogP contribution >= 0.6 is 7.80 Å². The van der Waals surface area contributed by atoms with E-state index in [4.69, 9.17) is 0 Å². The van der Waals surface area contributed by atoms with Gasteiger partial charge in [-0.2, -0.15) is 0 Å². The molecule has 0 aliphatic heterocycles. The van der Waals surface area contributed by atoms with Crippen molar-refractivity contribution in [2.45, 2.75) is 47.6 Å². The normalized spacial score (nSPS) is 10.8. The van der Waals surface area contributed by atoms with Crippen molar-refractivity contribution in [2.24, 2.45) is 0 Å². The zero-order valence-corrected chi connectivity index (χ0v) is 27.0. The number of aryl methyl sites for hydroxylation is 6. The van der Waals surface area contributed by atoms with E-state index in [0.29, 0.717) is 22.3 Å². The molecule has 0 aromatic heterocycles. The van der Waals surface area contributed by atoms with Crippen LogP contribution in [0.15, 0.2) is 84.9 Å². The van der Waals surface area contributed by atoms with E-state index >= 15 is 0 Å². The molecule has 0 amide bonds. The van der Waals surface area contributed by atoms with Crippen molar-refractivity contribution in [3.8, 4) is 0 Å². The number of aliphatic hydroxyl groups excluding tert-OH is 1. The summed E-state index contributed by atoms with van der Waals surface area (Å²) in [6.45, 7) is 11.1. The van der Waals surface area contributed by atoms with Crippen molar-refractivity contribution in [2.75, 3.05) is 14.2 Å². The fourth-order valence-corrected chi connectivity index (χ4v) is 6.17. The fraction of sp³-hybridized carbons (Fsp3) is 0.250. The number of Topliss-reactive ketones (excluding diaryl/α,β-unsaturated/α-hetero) is 1. The van der Waals surface area contributed by atoms with Gasteiger partial charge in [-0.15, -0.1) is 0 Å². The number of benzene rings is 4. The molecule has 0 saturated heterocycles. The molecule has 4 aromatic rings. The van der Waals surface area contributed by atoms with Crippen LogP contribution in [0.5, 0.6) is 0 Å². The van der Waals surface area contributed by atoms with Crippen LogP contribution in [-0.4, -0.2) is 36.2 Å². The summed E-state index contributed by atoms with van der Waals surface area (Å²) in [5, 5.41) is 9.89. The first-order chi connectivity index (χ1) is 20.3. The van der Waals surface area contributed by atoms with E-state index in [9.17, 15) is 24.1 Å². The molecular weight excluding hydrogens is 559 g/mol. The molecule has 7 heteroatoms. The van der Waals surface area contributed by atoms with E-state index in [0.717, 1.165) is 33.4 Å². The third-order valence-corrected chi connectivity index (χ3v) is 7.76. The molecule has 0 radical (unpaired) electrons. The van der Waals surface area contributed by atoms with Crippen LogP contribution in [0, 0.1) is 41.5 Å². The molecule has 0 bridgehead atoms. The molecule has 4 rings (SSSR count). The van der Waals surface area contributed by atoms with E-state index in [-0.39, 0.29) is 5.78 Å². The minimum Gasteiger partial charge on any atom is -0.388 e. The van der Waals surface area contributed by atoms with Crippen molar-refractivity contribution in [1.29, 1.82) is 0 Å². The Balaban J connectivity index is 0.000000293. The number of hydrogen-bond acceptors (Lipinski definition) is 6. The molecule has 1 N–H and O–H groups in total. The number of hydrogen-bond donors (Lipinski definition) is 1. The van der Waals surface area contributed by atoms with Crippen LogP contribution < -0.4 is 0 Å². The molecule has 0 aliphatic rings. The molecule has 0 spiro atoms. The molecule has 43 heavy (non-hydrogen) atoms. The number of carbonyl (C=O) groups is 3. The van der Waals surface area contributed by atoms with Gasteiger partial charge in [0.2, 0.25) is 0 Å². The topological polar surface area (TPSA) is 97.7 Å². The molecule has 1 unspecified atom stereocenters. The molecule has 224 valence electrons. The van der Waals surface area contributed by atoms with Crippen LogP contribution in [-0.2, 0) is 9.30 Å². The van der Waals surface area contributed by atoms with Gasteiger partial charge in [0.25, 0.3) is 0 Å². The van der Waals surface area contributed by atoms with E-state index in [2.05, 4.69) is 4.74 Å². The standard InChI is InChI=1S/C20H22O3P.C14H12O2.C2H6O/c1-11-7-13(3)17(14(4)8-11)19(21)24(23)20(22)18-15(5)9-12(2)10-16(18)6;15-13(11-7-3-1-4-8-11)14(16)12-9-5-2-6-10-12;1-3-2/h7-10H,1-6H3;1-10,13,15H;1-2H3/q+1;;. The summed E-state index contributed by atoms with van der Waals surface area (Å²) in [5.74, 6) is -0.271. The lowest BCUT2D eigenvalue weighted by Crippen LogP contribution is -2.11. The number of ether oxygens (including phenoxy) is 1. The van der Waals surface area contributed by atoms with Gasteiger partial charge >= 0.3 is 18.8 Å². The zero-order chi connectivity index (χ0) is 32.3. The third kappa shape index (κ3) is 9.45. The van der Waals surface area contributed by atoms with Gasteiger partial charge in [0, 0.05) is 19.8 Å². The predicted octanol–water partition coefficient (Wildman–Crippen LogP) is 8.21. The summed E-state index contributed by atoms with van der Waals surface area (Å²) in [6, 6.07) is 25.2. The quantitative estimate of drug-likeness (QED) is 0.170. The molecular formula is C36H40O6P+. The summed E-state index contributed by atoms with van der Waals surface area (Å²) < 4.78 is 16.9. The second kappa shape index (κ2) is 16.5. The maximum Gasteiger partial charge on any atom is 0.501 e. The van der Waals surface area contributed by atoms with Crippen LogP contribution in [0.3, 0.4) is 0 Å². The highest BCUT2D eigenvalue weighted by Crippen LogP contribution is 2.36. The highest BCUT2D eigenvalue weighted by atomic mass is 31.1. The second-order valence-corrected chi connectivity index (χ2v) is 11.8. The van der Waals surface area contributed by atoms with Crippen molar-refractivity contribution >= 4 is 24.6 Å². The summed E-state index contributed by atoms with van der Waals surface area (Å²) in [5.41, 5.74) is 5.88. The molecule has 6 nitrogen and oxygen atoms in total. The van der Waals surface area contributed by atoms with Gasteiger partial charge in [0.05, 0.1) is 11.1 Å². The van der Waals surface area contributed by atoms with Gasteiger partial charge in [-0.3, -0.25) is 4.79 Å². The van der Waals surface area contributed by atoms with Crippen LogP contribution in [0.25, 0.3) is 0 Å². The monoisotopic (exact) mass is 599 g/mol. The number of ketones is 1. The summed E-state index contributed by atoms with van der Waals surface area (Å²) in [7, 11) is 0.583. The number of aliphatic hydroxyl groups is 1. The molecule has 0 fully saturated rings. The summed E-state index contributed by atoms with van der Waals surface area (Å²) in [6.07, 6.45) is -1.08. The van der Waals surface area contributed by atoms with Crippen molar-refractivity contribution < 1.29 is 28.8 Å². The Kier molecular flexibility index (Phi) is 13.5. The second-order valence-electron chi connectivity index (χ2n) is 10.4. The largest absolute Gasteiger partial charge is 0.501 e. The van der Waals surface area contributed by atoms with E-state index in [1.807, 2.05) is 77.9 Å². The first kappa shape index (κ1) is 35.1. The SMILES string of the molecule is COC.Cc1cc(C)c(C(=O)[P+](=O)C(=O)c2c(C)cc(C)cc2C)c(C)c1.O=C(c1ccccc1)C(O)c1ccccc1. The Morgan fingerprint density at radius 3 is 1.30 bits per heavy atom. The lowest BCUT2D eigenvalue weighted by molar-refractivity contribution is 0.0747. The fourth-order valence-electron chi connectivity index (χ4n) is 4.88. The van der Waals surface area contributed by atoms with E-state index in [1.165, 1.54) is 0 Å². The maximum absolute atomic E-state index is 12.7. The minimum atomic E-state index is -2.67. The molecule has 0 saturated carbocycles. The van der Waals surface area contributed by atoms with Crippen LogP contribution in [0.4, 0.5) is 0 Å². The average Bonchev–Trinajstić information content (AvgIpc) is 2.96. The lowest BCUT2D eigenvalue weighted by atomic mass is 10.0. The molecule has 4 aromatic carbocycles. The van der Waals surface area contributed by atoms with Gasteiger partial charge in [0.15, 0.2) is 5.78 Å². The summed E-state index contributed by atoms with van der Waals surface area (Å²) >= 11 is 0. The zero-order valence-electron chi connectivity index (χ0n) is 26.1. The highest BCUT2D eigenvalue weighted by molar-refractivity contribution is 7.80. The van der Waals surface area contributed by atoms with Gasteiger partial charge in [-0.1, -0.05) is 101 Å². The van der Waals surface area contributed by atoms with Crippen molar-refractivity contribution in [3.05, 3.63) is 141 Å². The molecule has 1 atom stereocenters. The van der Waals surface area contributed by atoms with Crippen LogP contribution in [0.1, 0.15) is 76.1 Å². The predicted molar refractivity (Wildman–Crippen MR) is 173 cm³/mol. The van der Waals surface area contributed by atoms with Crippen molar-refractivity contribution in [3.63, 3.8) is 0 Å². The first-order valence-corrected chi connectivity index (χ1v) is 15.0. The van der Waals surface area contributed by atoms with Gasteiger partial charge in [-0.25, -0.2) is 9.59 Å². The maximum atomic E-state index is 12.7. The molecule has 0 heterocycles. The van der Waals surface area contributed by atoms with Crippen LogP contribution in [0.2, 0.25) is 0 Å². The smallest absolute Gasteiger partial charge is 0.388 e. The number of rotatable bonds is 7. The van der Waals surface area contributed by atoms with Gasteiger partial charge < -0.3 is 9.84 Å². The summed E-state index contributed by atoms with van der Waals surface area (Å²) in [4.78, 5) is 37.3. The van der Waals surface area contributed by atoms with Crippen molar-refractivity contribution in [1.82, 2.24) is 0 Å². The Hall–Kier alpha value is -4.09. The Morgan fingerprint density at radius 1 is 0.628 bits per heavy atom. The lowest BCUT2D eigenvalue weighted by Gasteiger charge is -2.09. The Labute approximate surface area is 255 Å². The highest BCUT2D eigenvalue weighted by Gasteiger charge is 2.42. The average molecular weight is 600 g/mol.